The van der Waals surface area contributed by atoms with Crippen molar-refractivity contribution in [3.05, 3.63) is 28.2 Å². The number of unbranched alkanes of at least 4 members (excludes halogenated alkanes) is 1. The van der Waals surface area contributed by atoms with Crippen molar-refractivity contribution >= 4 is 11.8 Å². The fraction of sp³-hybridized carbons (Fsp3) is 0.600. The van der Waals surface area contributed by atoms with Gasteiger partial charge < -0.3 is 10.2 Å². The van der Waals surface area contributed by atoms with Crippen LogP contribution in [0.25, 0.3) is 0 Å². The van der Waals surface area contributed by atoms with Gasteiger partial charge in [-0.05, 0) is 12.5 Å². The SMILES string of the molecule is CCCCNC(=O)CN1CCN(C(=O)c2ccc(=O)[nH]n2)CC1. The standard InChI is InChI=1S/C15H23N5O3/c1-2-3-6-16-14(22)11-19-7-9-20(10-8-19)15(23)12-4-5-13(21)18-17-12/h4-5H,2-3,6-11H2,1H3,(H,16,22)(H,18,21). The van der Waals surface area contributed by atoms with Crippen molar-refractivity contribution in [1.29, 1.82) is 0 Å². The Balaban J connectivity index is 1.77. The molecule has 126 valence electrons. The number of nitrogens with zero attached hydrogens (tertiary/aromatic N) is 3. The molecule has 1 aromatic rings. The van der Waals surface area contributed by atoms with Crippen LogP contribution >= 0.6 is 0 Å². The molecule has 1 aromatic heterocycles. The number of aromatic amines is 1. The molecule has 2 amide bonds. The van der Waals surface area contributed by atoms with Gasteiger partial charge in [-0.1, -0.05) is 13.3 Å². The Kier molecular flexibility index (Phi) is 6.28. The number of aromatic nitrogens is 2. The highest BCUT2D eigenvalue weighted by atomic mass is 16.2. The Bertz CT molecular complexity index is 573. The van der Waals surface area contributed by atoms with Crippen molar-refractivity contribution in [3.8, 4) is 0 Å². The molecule has 0 atom stereocenters. The average molecular weight is 321 g/mol. The predicted octanol–water partition coefficient (Wildman–Crippen LogP) is -0.556. The lowest BCUT2D eigenvalue weighted by Crippen LogP contribution is -2.51. The number of carbonyl (C=O) groups is 2. The zero-order valence-corrected chi connectivity index (χ0v) is 13.4. The van der Waals surface area contributed by atoms with E-state index in [-0.39, 0.29) is 23.1 Å². The molecule has 0 saturated carbocycles. The van der Waals surface area contributed by atoms with Crippen LogP contribution in [0.3, 0.4) is 0 Å². The highest BCUT2D eigenvalue weighted by Gasteiger charge is 2.24. The zero-order valence-electron chi connectivity index (χ0n) is 13.4. The van der Waals surface area contributed by atoms with E-state index >= 15 is 0 Å². The third-order valence-electron chi connectivity index (χ3n) is 3.78. The minimum absolute atomic E-state index is 0.0283. The molecule has 8 heteroatoms. The minimum Gasteiger partial charge on any atom is -0.355 e. The summed E-state index contributed by atoms with van der Waals surface area (Å²) >= 11 is 0. The van der Waals surface area contributed by atoms with E-state index in [9.17, 15) is 14.4 Å². The van der Waals surface area contributed by atoms with E-state index < -0.39 is 0 Å². The molecule has 1 aliphatic heterocycles. The number of hydrogen-bond donors (Lipinski definition) is 2. The molecule has 2 heterocycles. The van der Waals surface area contributed by atoms with E-state index in [4.69, 9.17) is 0 Å². The Labute approximate surface area is 134 Å². The number of H-pyrrole nitrogens is 1. The third kappa shape index (κ3) is 5.17. The van der Waals surface area contributed by atoms with Gasteiger partial charge in [-0.15, -0.1) is 0 Å². The molecule has 1 saturated heterocycles. The van der Waals surface area contributed by atoms with Crippen LogP contribution in [-0.2, 0) is 4.79 Å². The molecule has 2 rings (SSSR count). The van der Waals surface area contributed by atoms with Crippen LogP contribution in [-0.4, -0.2) is 71.1 Å². The van der Waals surface area contributed by atoms with E-state index in [1.54, 1.807) is 4.90 Å². The summed E-state index contributed by atoms with van der Waals surface area (Å²) in [5, 5.41) is 8.91. The predicted molar refractivity (Wildman–Crippen MR) is 85.1 cm³/mol. The van der Waals surface area contributed by atoms with Gasteiger partial charge in [0.2, 0.25) is 5.91 Å². The topological polar surface area (TPSA) is 98.4 Å². The molecule has 1 aliphatic rings. The van der Waals surface area contributed by atoms with Crippen molar-refractivity contribution in [2.24, 2.45) is 0 Å². The summed E-state index contributed by atoms with van der Waals surface area (Å²) in [5.74, 6) is -0.172. The molecule has 23 heavy (non-hydrogen) atoms. The smallest absolute Gasteiger partial charge is 0.274 e. The molecule has 0 bridgehead atoms. The molecule has 2 N–H and O–H groups in total. The zero-order chi connectivity index (χ0) is 16.7. The van der Waals surface area contributed by atoms with Crippen LogP contribution in [0.5, 0.6) is 0 Å². The minimum atomic E-state index is -0.333. The summed E-state index contributed by atoms with van der Waals surface area (Å²) in [6.45, 7) is 5.55. The monoisotopic (exact) mass is 321 g/mol. The van der Waals surface area contributed by atoms with Crippen LogP contribution < -0.4 is 10.9 Å². The molecular formula is C15H23N5O3. The molecular weight excluding hydrogens is 298 g/mol. The first-order chi connectivity index (χ1) is 11.1. The van der Waals surface area contributed by atoms with E-state index in [1.165, 1.54) is 12.1 Å². The molecule has 0 unspecified atom stereocenters. The van der Waals surface area contributed by atoms with Gasteiger partial charge in [0.05, 0.1) is 6.54 Å². The maximum Gasteiger partial charge on any atom is 0.274 e. The van der Waals surface area contributed by atoms with E-state index in [0.29, 0.717) is 39.3 Å². The lowest BCUT2D eigenvalue weighted by atomic mass is 10.2. The number of amides is 2. The second-order valence-electron chi connectivity index (χ2n) is 5.58. The van der Waals surface area contributed by atoms with Crippen LogP contribution in [0, 0.1) is 0 Å². The van der Waals surface area contributed by atoms with Crippen LogP contribution in [0.15, 0.2) is 16.9 Å². The van der Waals surface area contributed by atoms with E-state index in [2.05, 4.69) is 22.4 Å². The summed E-state index contributed by atoms with van der Waals surface area (Å²) in [4.78, 5) is 38.7. The third-order valence-corrected chi connectivity index (χ3v) is 3.78. The molecule has 8 nitrogen and oxygen atoms in total. The van der Waals surface area contributed by atoms with Gasteiger partial charge >= 0.3 is 0 Å². The summed E-state index contributed by atoms with van der Waals surface area (Å²) < 4.78 is 0. The summed E-state index contributed by atoms with van der Waals surface area (Å²) in [5.41, 5.74) is -0.101. The Hall–Kier alpha value is -2.22. The first-order valence-corrected chi connectivity index (χ1v) is 7.94. The van der Waals surface area contributed by atoms with Gasteiger partial charge in [0.25, 0.3) is 11.5 Å². The van der Waals surface area contributed by atoms with Gasteiger partial charge in [-0.3, -0.25) is 19.3 Å². The Morgan fingerprint density at radius 3 is 2.61 bits per heavy atom. The van der Waals surface area contributed by atoms with Gasteiger partial charge in [-0.25, -0.2) is 5.10 Å². The van der Waals surface area contributed by atoms with E-state index in [0.717, 1.165) is 12.8 Å². The van der Waals surface area contributed by atoms with Gasteiger partial charge in [0.1, 0.15) is 5.69 Å². The van der Waals surface area contributed by atoms with Gasteiger partial charge in [0.15, 0.2) is 0 Å². The van der Waals surface area contributed by atoms with Crippen LogP contribution in [0.1, 0.15) is 30.3 Å². The fourth-order valence-corrected chi connectivity index (χ4v) is 2.40. The highest BCUT2D eigenvalue weighted by molar-refractivity contribution is 5.92. The quantitative estimate of drug-likeness (QED) is 0.685. The Morgan fingerprint density at radius 1 is 1.26 bits per heavy atom. The maximum absolute atomic E-state index is 12.3. The number of hydrogen-bond acceptors (Lipinski definition) is 5. The normalized spacial score (nSPS) is 15.4. The average Bonchev–Trinajstić information content (AvgIpc) is 2.56. The first-order valence-electron chi connectivity index (χ1n) is 7.94. The summed E-state index contributed by atoms with van der Waals surface area (Å²) in [7, 11) is 0. The second-order valence-corrected chi connectivity index (χ2v) is 5.58. The van der Waals surface area contributed by atoms with Crippen molar-refractivity contribution in [2.75, 3.05) is 39.3 Å². The molecule has 1 fully saturated rings. The fourth-order valence-electron chi connectivity index (χ4n) is 2.40. The van der Waals surface area contributed by atoms with Crippen molar-refractivity contribution in [1.82, 2.24) is 25.3 Å². The lowest BCUT2D eigenvalue weighted by Gasteiger charge is -2.34. The summed E-state index contributed by atoms with van der Waals surface area (Å²) in [6.07, 6.45) is 2.04. The summed E-state index contributed by atoms with van der Waals surface area (Å²) in [6, 6.07) is 2.71. The molecule has 0 aromatic carbocycles. The van der Waals surface area contributed by atoms with Crippen molar-refractivity contribution in [2.45, 2.75) is 19.8 Å². The number of carbonyl (C=O) groups excluding carboxylic acids is 2. The molecule has 0 radical (unpaired) electrons. The largest absolute Gasteiger partial charge is 0.355 e. The lowest BCUT2D eigenvalue weighted by molar-refractivity contribution is -0.122. The number of nitrogens with one attached hydrogen (secondary N) is 2. The van der Waals surface area contributed by atoms with Crippen LogP contribution in [0.4, 0.5) is 0 Å². The number of piperazine rings is 1. The maximum atomic E-state index is 12.3. The van der Waals surface area contributed by atoms with Crippen molar-refractivity contribution in [3.63, 3.8) is 0 Å². The molecule has 0 spiro atoms. The van der Waals surface area contributed by atoms with Gasteiger partial charge in [-0.2, -0.15) is 5.10 Å². The Morgan fingerprint density at radius 2 is 2.00 bits per heavy atom. The number of rotatable bonds is 6. The van der Waals surface area contributed by atoms with Crippen LogP contribution in [0.2, 0.25) is 0 Å². The second kappa shape index (κ2) is 8.42. The first kappa shape index (κ1) is 17.1. The van der Waals surface area contributed by atoms with Gasteiger partial charge in [0, 0.05) is 38.8 Å². The molecule has 0 aliphatic carbocycles. The highest BCUT2D eigenvalue weighted by Crippen LogP contribution is 2.05. The van der Waals surface area contributed by atoms with E-state index in [1.807, 2.05) is 4.90 Å². The van der Waals surface area contributed by atoms with Crippen molar-refractivity contribution < 1.29 is 9.59 Å².